The summed E-state index contributed by atoms with van der Waals surface area (Å²) in [5.74, 6) is -0.0321. The second kappa shape index (κ2) is 8.74. The molecule has 0 aromatic heterocycles. The van der Waals surface area contributed by atoms with Crippen LogP contribution in [0, 0.1) is 0 Å². The van der Waals surface area contributed by atoms with Crippen LogP contribution in [0.25, 0.3) is 0 Å². The number of halogens is 1. The van der Waals surface area contributed by atoms with Crippen LogP contribution in [0.1, 0.15) is 5.56 Å². The van der Waals surface area contributed by atoms with Crippen molar-refractivity contribution >= 4 is 23.5 Å². The maximum atomic E-state index is 12.1. The van der Waals surface area contributed by atoms with E-state index in [1.165, 1.54) is 7.11 Å². The molecule has 0 bridgehead atoms. The number of methoxy groups -OCH3 is 1. The van der Waals surface area contributed by atoms with Crippen LogP contribution < -0.4 is 5.32 Å². The molecule has 126 valence electrons. The van der Waals surface area contributed by atoms with Gasteiger partial charge in [-0.25, -0.2) is 4.79 Å². The Bertz CT molecular complexity index is 528. The molecule has 1 aromatic rings. The van der Waals surface area contributed by atoms with Crippen LogP contribution >= 0.6 is 11.6 Å². The predicted octanol–water partition coefficient (Wildman–Crippen LogP) is 1.38. The number of nitrogens with one attached hydrogen (secondary N) is 1. The summed E-state index contributed by atoms with van der Waals surface area (Å²) in [6, 6.07) is 7.51. The van der Waals surface area contributed by atoms with Crippen molar-refractivity contribution in [2.75, 3.05) is 46.4 Å². The summed E-state index contributed by atoms with van der Waals surface area (Å²) in [5, 5.41) is 3.62. The molecule has 0 atom stereocenters. The Morgan fingerprint density at radius 3 is 2.35 bits per heavy atom. The third-order valence-electron chi connectivity index (χ3n) is 3.79. The Morgan fingerprint density at radius 1 is 1.13 bits per heavy atom. The van der Waals surface area contributed by atoms with Crippen molar-refractivity contribution in [3.63, 3.8) is 0 Å². The summed E-state index contributed by atoms with van der Waals surface area (Å²) < 4.78 is 4.84. The van der Waals surface area contributed by atoms with Gasteiger partial charge in [0.05, 0.1) is 0 Å². The van der Waals surface area contributed by atoms with Gasteiger partial charge in [0, 0.05) is 44.9 Å². The molecule has 6 nitrogen and oxygen atoms in total. The second-order valence-electron chi connectivity index (χ2n) is 5.41. The van der Waals surface area contributed by atoms with Crippen LogP contribution in [0.15, 0.2) is 24.3 Å². The molecule has 1 heterocycles. The van der Waals surface area contributed by atoms with Gasteiger partial charge >= 0.3 is 6.03 Å². The third-order valence-corrected chi connectivity index (χ3v) is 4.04. The van der Waals surface area contributed by atoms with E-state index in [0.29, 0.717) is 37.7 Å². The van der Waals surface area contributed by atoms with Crippen molar-refractivity contribution in [3.05, 3.63) is 34.9 Å². The first-order chi connectivity index (χ1) is 11.1. The molecular weight excluding hydrogens is 318 g/mol. The first-order valence-corrected chi connectivity index (χ1v) is 8.02. The maximum Gasteiger partial charge on any atom is 0.317 e. The quantitative estimate of drug-likeness (QED) is 0.881. The van der Waals surface area contributed by atoms with Crippen molar-refractivity contribution in [2.24, 2.45) is 0 Å². The highest BCUT2D eigenvalue weighted by Crippen LogP contribution is 2.09. The van der Waals surface area contributed by atoms with Gasteiger partial charge in [0.2, 0.25) is 5.91 Å². The molecule has 2 rings (SSSR count). The van der Waals surface area contributed by atoms with Gasteiger partial charge < -0.3 is 19.9 Å². The van der Waals surface area contributed by atoms with Gasteiger partial charge in [0.15, 0.2) is 0 Å². The number of carbonyl (C=O) groups excluding carboxylic acids is 2. The number of ether oxygens (including phenoxy) is 1. The molecule has 0 radical (unpaired) electrons. The van der Waals surface area contributed by atoms with Gasteiger partial charge in [-0.05, 0) is 24.1 Å². The average molecular weight is 340 g/mol. The van der Waals surface area contributed by atoms with E-state index in [1.807, 2.05) is 24.3 Å². The Morgan fingerprint density at radius 2 is 1.74 bits per heavy atom. The predicted molar refractivity (Wildman–Crippen MR) is 88.6 cm³/mol. The highest BCUT2D eigenvalue weighted by Gasteiger charge is 2.23. The van der Waals surface area contributed by atoms with Crippen LogP contribution in [0.3, 0.4) is 0 Å². The van der Waals surface area contributed by atoms with E-state index in [2.05, 4.69) is 5.32 Å². The summed E-state index contributed by atoms with van der Waals surface area (Å²) >= 11 is 5.84. The van der Waals surface area contributed by atoms with Crippen molar-refractivity contribution in [1.82, 2.24) is 15.1 Å². The standard InChI is InChI=1S/C16H22ClN3O3/c1-23-12-15(21)19-8-10-20(11-9-19)16(22)18-7-6-13-2-4-14(17)5-3-13/h2-5H,6-12H2,1H3,(H,18,22). The summed E-state index contributed by atoms with van der Waals surface area (Å²) in [6.45, 7) is 2.85. The van der Waals surface area contributed by atoms with Crippen LogP contribution in [0.5, 0.6) is 0 Å². The number of urea groups is 1. The van der Waals surface area contributed by atoms with Crippen molar-refractivity contribution in [3.8, 4) is 0 Å². The number of benzene rings is 1. The normalized spacial score (nSPS) is 14.7. The lowest BCUT2D eigenvalue weighted by molar-refractivity contribution is -0.136. The summed E-state index contributed by atoms with van der Waals surface area (Å²) in [6.07, 6.45) is 0.759. The van der Waals surface area contributed by atoms with Gasteiger partial charge in [-0.15, -0.1) is 0 Å². The van der Waals surface area contributed by atoms with Gasteiger partial charge in [0.25, 0.3) is 0 Å². The minimum Gasteiger partial charge on any atom is -0.375 e. The largest absolute Gasteiger partial charge is 0.375 e. The topological polar surface area (TPSA) is 61.9 Å². The summed E-state index contributed by atoms with van der Waals surface area (Å²) in [4.78, 5) is 27.3. The monoisotopic (exact) mass is 339 g/mol. The first kappa shape index (κ1) is 17.6. The lowest BCUT2D eigenvalue weighted by atomic mass is 10.1. The third kappa shape index (κ3) is 5.41. The molecular formula is C16H22ClN3O3. The number of hydrogen-bond donors (Lipinski definition) is 1. The molecule has 0 aliphatic carbocycles. The smallest absolute Gasteiger partial charge is 0.317 e. The molecule has 0 unspecified atom stereocenters. The van der Waals surface area contributed by atoms with Gasteiger partial charge in [-0.1, -0.05) is 23.7 Å². The molecule has 1 aliphatic heterocycles. The molecule has 1 saturated heterocycles. The Balaban J connectivity index is 1.68. The van der Waals surface area contributed by atoms with E-state index < -0.39 is 0 Å². The number of piperazine rings is 1. The summed E-state index contributed by atoms with van der Waals surface area (Å²) in [7, 11) is 1.50. The number of nitrogens with zero attached hydrogens (tertiary/aromatic N) is 2. The second-order valence-corrected chi connectivity index (χ2v) is 5.85. The van der Waals surface area contributed by atoms with Crippen LogP contribution in [0.2, 0.25) is 5.02 Å². The highest BCUT2D eigenvalue weighted by molar-refractivity contribution is 6.30. The van der Waals surface area contributed by atoms with Crippen LogP contribution in [0.4, 0.5) is 4.79 Å². The zero-order valence-electron chi connectivity index (χ0n) is 13.3. The molecule has 1 fully saturated rings. The van der Waals surface area contributed by atoms with E-state index in [0.717, 1.165) is 12.0 Å². The molecule has 1 aliphatic rings. The molecule has 0 spiro atoms. The zero-order valence-corrected chi connectivity index (χ0v) is 14.0. The fourth-order valence-corrected chi connectivity index (χ4v) is 2.58. The lowest BCUT2D eigenvalue weighted by Gasteiger charge is -2.34. The van der Waals surface area contributed by atoms with Gasteiger partial charge in [-0.2, -0.15) is 0 Å². The van der Waals surface area contributed by atoms with Gasteiger partial charge in [0.1, 0.15) is 6.61 Å². The molecule has 7 heteroatoms. The van der Waals surface area contributed by atoms with Crippen molar-refractivity contribution in [1.29, 1.82) is 0 Å². The number of carbonyl (C=O) groups is 2. The number of amides is 3. The van der Waals surface area contributed by atoms with E-state index in [4.69, 9.17) is 16.3 Å². The minimum atomic E-state index is -0.0854. The lowest BCUT2D eigenvalue weighted by Crippen LogP contribution is -2.53. The zero-order chi connectivity index (χ0) is 16.7. The van der Waals surface area contributed by atoms with Crippen molar-refractivity contribution in [2.45, 2.75) is 6.42 Å². The van der Waals surface area contributed by atoms with Crippen LogP contribution in [-0.2, 0) is 16.0 Å². The molecule has 1 N–H and O–H groups in total. The molecule has 1 aromatic carbocycles. The Hall–Kier alpha value is -1.79. The van der Waals surface area contributed by atoms with Crippen molar-refractivity contribution < 1.29 is 14.3 Å². The minimum absolute atomic E-state index is 0.0321. The molecule has 0 saturated carbocycles. The average Bonchev–Trinajstić information content (AvgIpc) is 2.57. The Kier molecular flexibility index (Phi) is 6.67. The maximum absolute atomic E-state index is 12.1. The fraction of sp³-hybridized carbons (Fsp3) is 0.500. The Labute approximate surface area is 141 Å². The van der Waals surface area contributed by atoms with E-state index >= 15 is 0 Å². The highest BCUT2D eigenvalue weighted by atomic mass is 35.5. The van der Waals surface area contributed by atoms with Gasteiger partial charge in [-0.3, -0.25) is 4.79 Å². The molecule has 23 heavy (non-hydrogen) atoms. The van der Waals surface area contributed by atoms with E-state index in [-0.39, 0.29) is 18.5 Å². The van der Waals surface area contributed by atoms with E-state index in [9.17, 15) is 9.59 Å². The summed E-state index contributed by atoms with van der Waals surface area (Å²) in [5.41, 5.74) is 1.13. The SMILES string of the molecule is COCC(=O)N1CCN(C(=O)NCCc2ccc(Cl)cc2)CC1. The van der Waals surface area contributed by atoms with Crippen LogP contribution in [-0.4, -0.2) is 68.2 Å². The number of hydrogen-bond acceptors (Lipinski definition) is 3. The fourth-order valence-electron chi connectivity index (χ4n) is 2.45. The molecule has 3 amide bonds. The van der Waals surface area contributed by atoms with E-state index in [1.54, 1.807) is 9.80 Å². The number of rotatable bonds is 5. The first-order valence-electron chi connectivity index (χ1n) is 7.64.